The number of aromatic nitrogens is 3. The van der Waals surface area contributed by atoms with E-state index in [-0.39, 0.29) is 5.56 Å². The molecule has 1 aromatic carbocycles. The van der Waals surface area contributed by atoms with Crippen molar-refractivity contribution in [2.75, 3.05) is 0 Å². The van der Waals surface area contributed by atoms with E-state index >= 15 is 0 Å². The lowest BCUT2D eigenvalue weighted by Crippen LogP contribution is -2.12. The highest BCUT2D eigenvalue weighted by molar-refractivity contribution is 9.10. The third-order valence-electron chi connectivity index (χ3n) is 4.43. The molecule has 0 saturated heterocycles. The Morgan fingerprint density at radius 2 is 2.04 bits per heavy atom. The molecular weight excluding hydrogens is 420 g/mol. The van der Waals surface area contributed by atoms with E-state index in [1.54, 1.807) is 22.9 Å². The third-order valence-corrected chi connectivity index (χ3v) is 4.95. The first-order valence-corrected chi connectivity index (χ1v) is 9.45. The fraction of sp³-hybridized carbons (Fsp3) is 0.0952. The Bertz CT molecular complexity index is 1230. The van der Waals surface area contributed by atoms with E-state index in [9.17, 15) is 10.1 Å². The number of hydrogen-bond donors (Lipinski definition) is 1. The van der Waals surface area contributed by atoms with E-state index in [1.807, 2.05) is 43.5 Å². The minimum atomic E-state index is -0.461. The second-order valence-electron chi connectivity index (χ2n) is 6.14. The average Bonchev–Trinajstić information content (AvgIpc) is 3.38. The molecule has 0 spiro atoms. The molecule has 6 nitrogen and oxygen atoms in total. The highest BCUT2D eigenvalue weighted by atomic mass is 79.9. The van der Waals surface area contributed by atoms with Crippen LogP contribution < -0.4 is 5.56 Å². The molecule has 3 aromatic heterocycles. The van der Waals surface area contributed by atoms with Crippen molar-refractivity contribution in [2.45, 2.75) is 13.5 Å². The van der Waals surface area contributed by atoms with Crippen LogP contribution >= 0.6 is 15.9 Å². The Kier molecular flexibility index (Phi) is 4.72. The van der Waals surface area contributed by atoms with E-state index in [1.165, 1.54) is 6.26 Å². The van der Waals surface area contributed by atoms with Crippen molar-refractivity contribution >= 4 is 15.9 Å². The Hall–Kier alpha value is -3.37. The number of aromatic amines is 1. The predicted octanol–water partition coefficient (Wildman–Crippen LogP) is 4.82. The van der Waals surface area contributed by atoms with Crippen molar-refractivity contribution in [1.82, 2.24) is 14.8 Å². The summed E-state index contributed by atoms with van der Waals surface area (Å²) in [5, 5.41) is 14.3. The minimum absolute atomic E-state index is 0.0457. The number of nitrogens with zero attached hydrogens (tertiary/aromatic N) is 3. The molecule has 3 heterocycles. The van der Waals surface area contributed by atoms with Crippen LogP contribution in [0.2, 0.25) is 0 Å². The van der Waals surface area contributed by atoms with Crippen LogP contribution in [-0.4, -0.2) is 14.8 Å². The van der Waals surface area contributed by atoms with E-state index in [0.717, 1.165) is 15.6 Å². The van der Waals surface area contributed by atoms with Crippen molar-refractivity contribution in [2.24, 2.45) is 0 Å². The molecule has 0 aliphatic heterocycles. The summed E-state index contributed by atoms with van der Waals surface area (Å²) in [6.45, 7) is 2.65. The number of pyridine rings is 1. The van der Waals surface area contributed by atoms with E-state index in [2.05, 4.69) is 26.0 Å². The molecule has 138 valence electrons. The molecule has 0 radical (unpaired) electrons. The van der Waals surface area contributed by atoms with Gasteiger partial charge in [-0.3, -0.25) is 9.48 Å². The van der Waals surface area contributed by atoms with Gasteiger partial charge in [0.05, 0.1) is 12.0 Å². The molecule has 7 heteroatoms. The van der Waals surface area contributed by atoms with Gasteiger partial charge in [-0.2, -0.15) is 10.4 Å². The lowest BCUT2D eigenvalue weighted by molar-refractivity contribution is 0.580. The number of nitrogens with one attached hydrogen (secondary N) is 1. The number of H-pyrrole nitrogens is 1. The standard InChI is InChI=1S/C21H15BrN4O2/c1-2-26-12-17(20(25-26)13-5-7-14(22)8-6-13)15-10-18(19-4-3-9-28-19)24-21(27)16(15)11-23/h3-10,12H,2H2,1H3,(H,24,27). The van der Waals surface area contributed by atoms with Crippen LogP contribution in [0.25, 0.3) is 33.8 Å². The van der Waals surface area contributed by atoms with Gasteiger partial charge < -0.3 is 9.40 Å². The highest BCUT2D eigenvalue weighted by Gasteiger charge is 2.20. The summed E-state index contributed by atoms with van der Waals surface area (Å²) in [5.41, 5.74) is 2.95. The monoisotopic (exact) mass is 434 g/mol. The first-order chi connectivity index (χ1) is 13.6. The van der Waals surface area contributed by atoms with Gasteiger partial charge in [-0.25, -0.2) is 0 Å². The van der Waals surface area contributed by atoms with Crippen LogP contribution in [0.15, 0.2) is 68.6 Å². The number of furan rings is 1. The van der Waals surface area contributed by atoms with Gasteiger partial charge in [-0.1, -0.05) is 28.1 Å². The molecule has 0 aliphatic rings. The Morgan fingerprint density at radius 3 is 2.68 bits per heavy atom. The van der Waals surface area contributed by atoms with E-state index in [0.29, 0.717) is 29.3 Å². The number of nitriles is 1. The van der Waals surface area contributed by atoms with Crippen LogP contribution in [-0.2, 0) is 6.54 Å². The highest BCUT2D eigenvalue weighted by Crippen LogP contribution is 2.34. The lowest BCUT2D eigenvalue weighted by atomic mass is 9.98. The van der Waals surface area contributed by atoms with Crippen molar-refractivity contribution in [3.63, 3.8) is 0 Å². The maximum absolute atomic E-state index is 12.6. The molecule has 0 fully saturated rings. The number of hydrogen-bond acceptors (Lipinski definition) is 4. The Morgan fingerprint density at radius 1 is 1.25 bits per heavy atom. The summed E-state index contributed by atoms with van der Waals surface area (Å²) >= 11 is 3.44. The summed E-state index contributed by atoms with van der Waals surface area (Å²) in [5.74, 6) is 0.524. The zero-order chi connectivity index (χ0) is 19.7. The smallest absolute Gasteiger partial charge is 0.267 e. The number of rotatable bonds is 4. The summed E-state index contributed by atoms with van der Waals surface area (Å²) < 4.78 is 8.17. The fourth-order valence-electron chi connectivity index (χ4n) is 3.05. The summed E-state index contributed by atoms with van der Waals surface area (Å²) in [6, 6.07) is 15.1. The molecule has 0 amide bonds. The van der Waals surface area contributed by atoms with Gasteiger partial charge in [0.2, 0.25) is 0 Å². The van der Waals surface area contributed by atoms with Gasteiger partial charge in [0.1, 0.15) is 23.1 Å². The van der Waals surface area contributed by atoms with Crippen LogP contribution in [0.1, 0.15) is 12.5 Å². The number of benzene rings is 1. The van der Waals surface area contributed by atoms with E-state index < -0.39 is 5.56 Å². The molecule has 4 aromatic rings. The Balaban J connectivity index is 1.99. The van der Waals surface area contributed by atoms with Gasteiger partial charge >= 0.3 is 0 Å². The molecule has 1 N–H and O–H groups in total. The van der Waals surface area contributed by atoms with Crippen molar-refractivity contribution in [3.05, 3.63) is 75.3 Å². The second-order valence-corrected chi connectivity index (χ2v) is 7.06. The number of halogens is 1. The van der Waals surface area contributed by atoms with Gasteiger partial charge in [0.25, 0.3) is 5.56 Å². The molecule has 4 rings (SSSR count). The Labute approximate surface area is 169 Å². The maximum atomic E-state index is 12.6. The van der Waals surface area contributed by atoms with Crippen LogP contribution in [0.5, 0.6) is 0 Å². The van der Waals surface area contributed by atoms with Crippen molar-refractivity contribution in [3.8, 4) is 39.9 Å². The second kappa shape index (κ2) is 7.33. The van der Waals surface area contributed by atoms with Gasteiger partial charge in [0.15, 0.2) is 0 Å². The van der Waals surface area contributed by atoms with E-state index in [4.69, 9.17) is 4.42 Å². The molecule has 0 unspecified atom stereocenters. The molecule has 0 bridgehead atoms. The van der Waals surface area contributed by atoms with Crippen molar-refractivity contribution < 1.29 is 4.42 Å². The minimum Gasteiger partial charge on any atom is -0.463 e. The van der Waals surface area contributed by atoms with Gasteiger partial charge in [-0.05, 0) is 37.3 Å². The summed E-state index contributed by atoms with van der Waals surface area (Å²) in [6.07, 6.45) is 3.40. The molecule has 28 heavy (non-hydrogen) atoms. The van der Waals surface area contributed by atoms with Crippen LogP contribution in [0.3, 0.4) is 0 Å². The average molecular weight is 435 g/mol. The first kappa shape index (κ1) is 18.0. The SMILES string of the molecule is CCn1cc(-c2cc(-c3ccco3)[nH]c(=O)c2C#N)c(-c2ccc(Br)cc2)n1. The fourth-order valence-corrected chi connectivity index (χ4v) is 3.31. The summed E-state index contributed by atoms with van der Waals surface area (Å²) in [4.78, 5) is 15.3. The largest absolute Gasteiger partial charge is 0.463 e. The van der Waals surface area contributed by atoms with Crippen LogP contribution in [0.4, 0.5) is 0 Å². The van der Waals surface area contributed by atoms with Crippen LogP contribution in [0, 0.1) is 11.3 Å². The molecule has 0 atom stereocenters. The van der Waals surface area contributed by atoms with Gasteiger partial charge in [0, 0.05) is 33.9 Å². The molecule has 0 saturated carbocycles. The topological polar surface area (TPSA) is 87.6 Å². The lowest BCUT2D eigenvalue weighted by Gasteiger charge is -2.07. The first-order valence-electron chi connectivity index (χ1n) is 8.65. The predicted molar refractivity (Wildman–Crippen MR) is 110 cm³/mol. The quantitative estimate of drug-likeness (QED) is 0.498. The number of aryl methyl sites for hydroxylation is 1. The van der Waals surface area contributed by atoms with Gasteiger partial charge in [-0.15, -0.1) is 0 Å². The zero-order valence-corrected chi connectivity index (χ0v) is 16.5. The molecular formula is C21H15BrN4O2. The zero-order valence-electron chi connectivity index (χ0n) is 14.9. The third kappa shape index (κ3) is 3.19. The van der Waals surface area contributed by atoms with Crippen molar-refractivity contribution in [1.29, 1.82) is 5.26 Å². The maximum Gasteiger partial charge on any atom is 0.267 e. The molecule has 0 aliphatic carbocycles. The summed E-state index contributed by atoms with van der Waals surface area (Å²) in [7, 11) is 0. The normalized spacial score (nSPS) is 10.8.